The zero-order valence-electron chi connectivity index (χ0n) is 6.70. The molecule has 0 bridgehead atoms. The van der Waals surface area contributed by atoms with Gasteiger partial charge in [-0.2, -0.15) is 0 Å². The Kier molecular flexibility index (Phi) is 1.71. The first-order valence-corrected chi connectivity index (χ1v) is 4.03. The molecule has 1 radical (unpaired) electrons. The lowest BCUT2D eigenvalue weighted by atomic mass is 9.95. The van der Waals surface area contributed by atoms with Gasteiger partial charge in [0.2, 0.25) is 0 Å². The molecule has 1 unspecified atom stereocenters. The molecule has 2 aliphatic rings. The molecule has 0 amide bonds. The molecule has 0 aromatic heterocycles. The average Bonchev–Trinajstić information content (AvgIpc) is 2.29. The van der Waals surface area contributed by atoms with Gasteiger partial charge in [-0.05, 0) is 17.7 Å². The van der Waals surface area contributed by atoms with E-state index in [0.29, 0.717) is 11.6 Å². The predicted octanol–water partition coefficient (Wildman–Crippen LogP) is 2.39. The molecular formula is C11H10N. The van der Waals surface area contributed by atoms with E-state index in [-0.39, 0.29) is 0 Å². The lowest BCUT2D eigenvalue weighted by Crippen LogP contribution is -1.96. The minimum absolute atomic E-state index is 0.370. The van der Waals surface area contributed by atoms with Crippen LogP contribution in [0.1, 0.15) is 0 Å². The first kappa shape index (κ1) is 7.17. The Morgan fingerprint density at radius 1 is 1.00 bits per heavy atom. The highest BCUT2D eigenvalue weighted by Crippen LogP contribution is 2.22. The molecule has 0 heterocycles. The summed E-state index contributed by atoms with van der Waals surface area (Å²) in [6, 6.07) is 0. The second-order valence-electron chi connectivity index (χ2n) is 2.92. The fourth-order valence-electron chi connectivity index (χ4n) is 1.36. The van der Waals surface area contributed by atoms with Crippen molar-refractivity contribution in [2.75, 3.05) is 0 Å². The standard InChI is InChI=1S/C11H10N/c12-11-7-5-9-3-1-2-4-10(9)6-8-11/h1-9,12H. The van der Waals surface area contributed by atoms with Crippen LogP contribution in [0.25, 0.3) is 0 Å². The van der Waals surface area contributed by atoms with E-state index in [1.165, 1.54) is 5.57 Å². The topological polar surface area (TPSA) is 23.8 Å². The Morgan fingerprint density at radius 2 is 1.92 bits per heavy atom. The first-order valence-electron chi connectivity index (χ1n) is 4.03. The zero-order valence-corrected chi connectivity index (χ0v) is 6.70. The fourth-order valence-corrected chi connectivity index (χ4v) is 1.36. The van der Waals surface area contributed by atoms with E-state index in [1.807, 2.05) is 30.4 Å². The maximum atomic E-state index is 7.44. The summed E-state index contributed by atoms with van der Waals surface area (Å²) >= 11 is 0. The molecule has 0 saturated carbocycles. The quantitative estimate of drug-likeness (QED) is 0.514. The Hall–Kier alpha value is -1.50. The van der Waals surface area contributed by atoms with Crippen molar-refractivity contribution >= 4 is 0 Å². The third-order valence-corrected chi connectivity index (χ3v) is 2.04. The fraction of sp³-hybridized carbons (Fsp3) is 0.0909. The van der Waals surface area contributed by atoms with Crippen LogP contribution in [-0.4, -0.2) is 0 Å². The maximum absolute atomic E-state index is 7.44. The van der Waals surface area contributed by atoms with Crippen molar-refractivity contribution in [2.24, 2.45) is 5.92 Å². The normalized spacial score (nSPS) is 25.8. The number of fused-ring (bicyclic) bond motifs is 1. The van der Waals surface area contributed by atoms with Crippen LogP contribution >= 0.6 is 0 Å². The minimum Gasteiger partial charge on any atom is -0.301 e. The van der Waals surface area contributed by atoms with Gasteiger partial charge >= 0.3 is 0 Å². The van der Waals surface area contributed by atoms with Crippen LogP contribution in [0.15, 0.2) is 59.9 Å². The van der Waals surface area contributed by atoms with Crippen LogP contribution in [0.4, 0.5) is 0 Å². The van der Waals surface area contributed by atoms with Gasteiger partial charge < -0.3 is 5.73 Å². The van der Waals surface area contributed by atoms with E-state index in [9.17, 15) is 0 Å². The Bertz CT molecular complexity index is 327. The molecule has 2 rings (SSSR count). The van der Waals surface area contributed by atoms with Gasteiger partial charge in [0.25, 0.3) is 0 Å². The zero-order chi connectivity index (χ0) is 8.39. The number of hydrogen-bond acceptors (Lipinski definition) is 0. The van der Waals surface area contributed by atoms with Crippen molar-refractivity contribution in [3.8, 4) is 0 Å². The van der Waals surface area contributed by atoms with Gasteiger partial charge in [0, 0.05) is 5.92 Å². The summed E-state index contributed by atoms with van der Waals surface area (Å²) in [5.74, 6) is 0.370. The van der Waals surface area contributed by atoms with Crippen molar-refractivity contribution in [3.63, 3.8) is 0 Å². The van der Waals surface area contributed by atoms with Gasteiger partial charge in [-0.3, -0.25) is 0 Å². The van der Waals surface area contributed by atoms with Gasteiger partial charge in [0.15, 0.2) is 0 Å². The molecular weight excluding hydrogens is 146 g/mol. The number of rotatable bonds is 0. The summed E-state index contributed by atoms with van der Waals surface area (Å²) in [6.45, 7) is 0. The number of allylic oxidation sites excluding steroid dienone is 9. The van der Waals surface area contributed by atoms with Crippen LogP contribution < -0.4 is 5.73 Å². The largest absolute Gasteiger partial charge is 0.301 e. The van der Waals surface area contributed by atoms with Crippen molar-refractivity contribution in [3.05, 3.63) is 59.9 Å². The third-order valence-electron chi connectivity index (χ3n) is 2.04. The Labute approximate surface area is 72.3 Å². The van der Waals surface area contributed by atoms with E-state index in [1.54, 1.807) is 0 Å². The lowest BCUT2D eigenvalue weighted by molar-refractivity contribution is 0.996. The number of hydrogen-bond donors (Lipinski definition) is 0. The summed E-state index contributed by atoms with van der Waals surface area (Å²) in [5.41, 5.74) is 9.27. The van der Waals surface area contributed by atoms with E-state index in [2.05, 4.69) is 18.2 Å². The Balaban J connectivity index is 2.39. The summed E-state index contributed by atoms with van der Waals surface area (Å²) < 4.78 is 0. The predicted molar refractivity (Wildman–Crippen MR) is 50.2 cm³/mol. The second kappa shape index (κ2) is 2.86. The molecule has 0 aromatic carbocycles. The Morgan fingerprint density at radius 3 is 2.83 bits per heavy atom. The molecule has 2 aliphatic carbocycles. The van der Waals surface area contributed by atoms with Gasteiger partial charge in [0.05, 0.1) is 5.70 Å². The number of nitrogens with one attached hydrogen (secondary N) is 1. The second-order valence-corrected chi connectivity index (χ2v) is 2.92. The smallest absolute Gasteiger partial charge is 0.0537 e. The molecule has 59 valence electrons. The van der Waals surface area contributed by atoms with E-state index >= 15 is 0 Å². The van der Waals surface area contributed by atoms with Crippen LogP contribution in [0.5, 0.6) is 0 Å². The van der Waals surface area contributed by atoms with E-state index < -0.39 is 0 Å². The molecule has 12 heavy (non-hydrogen) atoms. The molecule has 1 heteroatoms. The van der Waals surface area contributed by atoms with Gasteiger partial charge in [0.1, 0.15) is 0 Å². The summed E-state index contributed by atoms with van der Waals surface area (Å²) in [4.78, 5) is 0. The molecule has 0 saturated heterocycles. The first-order chi connectivity index (χ1) is 5.86. The van der Waals surface area contributed by atoms with E-state index in [0.717, 1.165) is 0 Å². The van der Waals surface area contributed by atoms with Crippen LogP contribution in [-0.2, 0) is 0 Å². The monoisotopic (exact) mass is 156 g/mol. The van der Waals surface area contributed by atoms with Crippen molar-refractivity contribution < 1.29 is 0 Å². The molecule has 1 N–H and O–H groups in total. The molecule has 0 aromatic rings. The molecule has 0 spiro atoms. The SMILES string of the molecule is [NH]C1=CC=C2C=CC=CC2C=C1. The summed E-state index contributed by atoms with van der Waals surface area (Å²) in [6.07, 6.45) is 16.0. The van der Waals surface area contributed by atoms with Gasteiger partial charge in [-0.25, -0.2) is 0 Å². The highest BCUT2D eigenvalue weighted by molar-refractivity contribution is 5.42. The van der Waals surface area contributed by atoms with Crippen LogP contribution in [0.2, 0.25) is 0 Å². The highest BCUT2D eigenvalue weighted by Gasteiger charge is 2.08. The van der Waals surface area contributed by atoms with Crippen molar-refractivity contribution in [2.45, 2.75) is 0 Å². The minimum atomic E-state index is 0.370. The van der Waals surface area contributed by atoms with Crippen molar-refractivity contribution in [1.29, 1.82) is 0 Å². The molecule has 1 nitrogen and oxygen atoms in total. The summed E-state index contributed by atoms with van der Waals surface area (Å²) in [5, 5.41) is 0. The molecule has 0 aliphatic heterocycles. The summed E-state index contributed by atoms with van der Waals surface area (Å²) in [7, 11) is 0. The van der Waals surface area contributed by atoms with Crippen LogP contribution in [0.3, 0.4) is 0 Å². The van der Waals surface area contributed by atoms with Crippen LogP contribution in [0, 0.1) is 5.92 Å². The van der Waals surface area contributed by atoms with Crippen molar-refractivity contribution in [1.82, 2.24) is 5.73 Å². The van der Waals surface area contributed by atoms with Gasteiger partial charge in [-0.1, -0.05) is 36.5 Å². The third kappa shape index (κ3) is 1.26. The van der Waals surface area contributed by atoms with Gasteiger partial charge in [-0.15, -0.1) is 0 Å². The highest BCUT2D eigenvalue weighted by atomic mass is 14.6. The lowest BCUT2D eigenvalue weighted by Gasteiger charge is -2.10. The van der Waals surface area contributed by atoms with E-state index in [4.69, 9.17) is 5.73 Å². The average molecular weight is 156 g/mol. The maximum Gasteiger partial charge on any atom is 0.0537 e. The molecule has 0 fully saturated rings. The molecule has 1 atom stereocenters.